The maximum atomic E-state index is 13.0. The van der Waals surface area contributed by atoms with Gasteiger partial charge in [-0.25, -0.2) is 4.39 Å². The molecule has 0 unspecified atom stereocenters. The first-order valence-corrected chi connectivity index (χ1v) is 4.27. The molecule has 0 aromatic heterocycles. The molecule has 1 aromatic carbocycles. The first kappa shape index (κ1) is 14.7. The topological polar surface area (TPSA) is 61.5 Å². The Labute approximate surface area is 98.9 Å². The van der Waals surface area contributed by atoms with Gasteiger partial charge in [-0.05, 0) is 17.7 Å². The molecule has 6 heteroatoms. The molecule has 0 heterocycles. The number of hydrogen-bond donors (Lipinski definition) is 1. The molecular weight excluding hydrogens is 237 g/mol. The first-order valence-electron chi connectivity index (χ1n) is 4.27. The average Bonchev–Trinajstić information content (AvgIpc) is 2.27. The molecule has 0 aliphatic rings. The van der Waals surface area contributed by atoms with E-state index in [4.69, 9.17) is 10.5 Å². The molecule has 0 saturated carbocycles. The molecule has 0 bridgehead atoms. The number of methoxy groups -OCH3 is 2. The van der Waals surface area contributed by atoms with Crippen LogP contribution in [0.25, 0.3) is 0 Å². The molecule has 0 radical (unpaired) electrons. The lowest BCUT2D eigenvalue weighted by atomic mass is 10.1. The smallest absolute Gasteiger partial charge is 0.327 e. The number of nitrogens with two attached hydrogens (primary N) is 1. The number of carbonyl (C=O) groups is 1. The van der Waals surface area contributed by atoms with Crippen LogP contribution in [0.5, 0.6) is 5.75 Å². The zero-order valence-electron chi connectivity index (χ0n) is 8.90. The zero-order valence-corrected chi connectivity index (χ0v) is 9.71. The van der Waals surface area contributed by atoms with Gasteiger partial charge in [0.2, 0.25) is 0 Å². The summed E-state index contributed by atoms with van der Waals surface area (Å²) in [6.45, 7) is 0. The van der Waals surface area contributed by atoms with Gasteiger partial charge < -0.3 is 15.2 Å². The van der Waals surface area contributed by atoms with Crippen LogP contribution in [0.4, 0.5) is 4.39 Å². The maximum Gasteiger partial charge on any atom is 0.327 e. The largest absolute Gasteiger partial charge is 0.494 e. The van der Waals surface area contributed by atoms with E-state index < -0.39 is 17.8 Å². The number of esters is 1. The summed E-state index contributed by atoms with van der Waals surface area (Å²) in [5, 5.41) is 0. The standard InChI is InChI=1S/C10H12FNO3.ClH/c1-14-8-5-6(3-4-7(8)11)9(12)10(13)15-2;/h3-5,9H,12H2,1-2H3;1H/t9-;/m1./s1. The van der Waals surface area contributed by atoms with Gasteiger partial charge in [-0.2, -0.15) is 0 Å². The molecule has 16 heavy (non-hydrogen) atoms. The van der Waals surface area contributed by atoms with Gasteiger partial charge >= 0.3 is 5.97 Å². The Morgan fingerprint density at radius 1 is 1.44 bits per heavy atom. The molecule has 0 aliphatic carbocycles. The molecule has 1 atom stereocenters. The average molecular weight is 250 g/mol. The van der Waals surface area contributed by atoms with Crippen LogP contribution in [0.15, 0.2) is 18.2 Å². The Bertz CT molecular complexity index is 373. The van der Waals surface area contributed by atoms with Crippen LogP contribution < -0.4 is 10.5 Å². The lowest BCUT2D eigenvalue weighted by Crippen LogP contribution is -2.22. The summed E-state index contributed by atoms with van der Waals surface area (Å²) in [7, 11) is 2.58. The van der Waals surface area contributed by atoms with Crippen LogP contribution in [-0.4, -0.2) is 20.2 Å². The highest BCUT2D eigenvalue weighted by Gasteiger charge is 2.17. The summed E-state index contributed by atoms with van der Waals surface area (Å²) in [6, 6.07) is 3.05. The van der Waals surface area contributed by atoms with Crippen LogP contribution in [0.1, 0.15) is 11.6 Å². The normalized spacial score (nSPS) is 11.2. The summed E-state index contributed by atoms with van der Waals surface area (Å²) in [5.41, 5.74) is 6.01. The molecule has 0 fully saturated rings. The van der Waals surface area contributed by atoms with Crippen molar-refractivity contribution in [3.63, 3.8) is 0 Å². The lowest BCUT2D eigenvalue weighted by Gasteiger charge is -2.11. The number of hydrogen-bond acceptors (Lipinski definition) is 4. The number of halogens is 2. The van der Waals surface area contributed by atoms with E-state index in [-0.39, 0.29) is 18.2 Å². The van der Waals surface area contributed by atoms with Crippen LogP contribution in [0, 0.1) is 5.82 Å². The molecule has 1 aromatic rings. The SMILES string of the molecule is COC(=O)[C@H](N)c1ccc(F)c(OC)c1.Cl. The van der Waals surface area contributed by atoms with Gasteiger partial charge in [0.15, 0.2) is 11.6 Å². The molecular formula is C10H13ClFNO3. The highest BCUT2D eigenvalue weighted by Crippen LogP contribution is 2.21. The molecule has 1 rings (SSSR count). The van der Waals surface area contributed by atoms with Gasteiger partial charge in [0.25, 0.3) is 0 Å². The third-order valence-electron chi connectivity index (χ3n) is 1.99. The second kappa shape index (κ2) is 6.30. The third kappa shape index (κ3) is 3.08. The lowest BCUT2D eigenvalue weighted by molar-refractivity contribution is -0.142. The fourth-order valence-corrected chi connectivity index (χ4v) is 1.13. The van der Waals surface area contributed by atoms with E-state index in [1.807, 2.05) is 0 Å². The molecule has 4 nitrogen and oxygen atoms in total. The van der Waals surface area contributed by atoms with Gasteiger partial charge in [-0.15, -0.1) is 12.4 Å². The fraction of sp³-hybridized carbons (Fsp3) is 0.300. The van der Waals surface area contributed by atoms with E-state index in [0.717, 1.165) is 0 Å². The van der Waals surface area contributed by atoms with E-state index >= 15 is 0 Å². The van der Waals surface area contributed by atoms with Crippen molar-refractivity contribution >= 4 is 18.4 Å². The highest BCUT2D eigenvalue weighted by atomic mass is 35.5. The summed E-state index contributed by atoms with van der Waals surface area (Å²) in [5.74, 6) is -1.03. The summed E-state index contributed by atoms with van der Waals surface area (Å²) < 4.78 is 22.3. The third-order valence-corrected chi connectivity index (χ3v) is 1.99. The van der Waals surface area contributed by atoms with Crippen molar-refractivity contribution in [2.75, 3.05) is 14.2 Å². The van der Waals surface area contributed by atoms with Crippen LogP contribution in [-0.2, 0) is 9.53 Å². The van der Waals surface area contributed by atoms with E-state index in [9.17, 15) is 9.18 Å². The minimum absolute atomic E-state index is 0. The Hall–Kier alpha value is -1.33. The Balaban J connectivity index is 0.00000225. The van der Waals surface area contributed by atoms with Crippen molar-refractivity contribution in [2.24, 2.45) is 5.73 Å². The Morgan fingerprint density at radius 3 is 2.56 bits per heavy atom. The minimum atomic E-state index is -0.926. The second-order valence-electron chi connectivity index (χ2n) is 2.89. The highest BCUT2D eigenvalue weighted by molar-refractivity contribution is 5.85. The molecule has 90 valence electrons. The van der Waals surface area contributed by atoms with Crippen molar-refractivity contribution < 1.29 is 18.7 Å². The predicted octanol–water partition coefficient (Wildman–Crippen LogP) is 1.43. The summed E-state index contributed by atoms with van der Waals surface area (Å²) >= 11 is 0. The quantitative estimate of drug-likeness (QED) is 0.824. The Morgan fingerprint density at radius 2 is 2.06 bits per heavy atom. The van der Waals surface area contributed by atoms with Crippen LogP contribution >= 0.6 is 12.4 Å². The van der Waals surface area contributed by atoms with Gasteiger partial charge in [-0.1, -0.05) is 6.07 Å². The molecule has 0 saturated heterocycles. The van der Waals surface area contributed by atoms with Crippen molar-refractivity contribution in [3.05, 3.63) is 29.6 Å². The van der Waals surface area contributed by atoms with Crippen molar-refractivity contribution in [1.29, 1.82) is 0 Å². The van der Waals surface area contributed by atoms with Crippen LogP contribution in [0.3, 0.4) is 0 Å². The van der Waals surface area contributed by atoms with Crippen LogP contribution in [0.2, 0.25) is 0 Å². The number of carbonyl (C=O) groups excluding carboxylic acids is 1. The number of rotatable bonds is 3. The number of ether oxygens (including phenoxy) is 2. The van der Waals surface area contributed by atoms with E-state index in [1.165, 1.54) is 32.4 Å². The van der Waals surface area contributed by atoms with Crippen molar-refractivity contribution in [2.45, 2.75) is 6.04 Å². The van der Waals surface area contributed by atoms with E-state index in [2.05, 4.69) is 4.74 Å². The summed E-state index contributed by atoms with van der Waals surface area (Å²) in [4.78, 5) is 11.1. The van der Waals surface area contributed by atoms with Gasteiger partial charge in [-0.3, -0.25) is 4.79 Å². The van der Waals surface area contributed by atoms with Gasteiger partial charge in [0, 0.05) is 0 Å². The van der Waals surface area contributed by atoms with E-state index in [1.54, 1.807) is 0 Å². The monoisotopic (exact) mass is 249 g/mol. The number of benzene rings is 1. The second-order valence-corrected chi connectivity index (χ2v) is 2.89. The molecule has 0 spiro atoms. The first-order chi connectivity index (χ1) is 7.10. The molecule has 2 N–H and O–H groups in total. The predicted molar refractivity (Wildman–Crippen MR) is 59.1 cm³/mol. The molecule has 0 aliphatic heterocycles. The minimum Gasteiger partial charge on any atom is -0.494 e. The summed E-state index contributed by atoms with van der Waals surface area (Å²) in [6.07, 6.45) is 0. The van der Waals surface area contributed by atoms with Crippen molar-refractivity contribution in [3.8, 4) is 5.75 Å². The Kier molecular flexibility index (Phi) is 5.77. The fourth-order valence-electron chi connectivity index (χ4n) is 1.13. The maximum absolute atomic E-state index is 13.0. The van der Waals surface area contributed by atoms with Gasteiger partial charge in [0.1, 0.15) is 6.04 Å². The van der Waals surface area contributed by atoms with Crippen molar-refractivity contribution in [1.82, 2.24) is 0 Å². The van der Waals surface area contributed by atoms with E-state index in [0.29, 0.717) is 5.56 Å². The van der Waals surface area contributed by atoms with Gasteiger partial charge in [0.05, 0.1) is 14.2 Å². The molecule has 0 amide bonds. The zero-order chi connectivity index (χ0) is 11.4.